The van der Waals surface area contributed by atoms with Gasteiger partial charge in [-0.25, -0.2) is 9.18 Å². The minimum atomic E-state index is -1.25. The number of nitro groups is 1. The molecule has 0 radical (unpaired) electrons. The van der Waals surface area contributed by atoms with Crippen LogP contribution in [0.25, 0.3) is 0 Å². The number of hydrogen-bond acceptors (Lipinski definition) is 4. The van der Waals surface area contributed by atoms with Gasteiger partial charge in [-0.15, -0.1) is 0 Å². The predicted octanol–water partition coefficient (Wildman–Crippen LogP) is 3.48. The van der Waals surface area contributed by atoms with Gasteiger partial charge in [0, 0.05) is 5.56 Å². The van der Waals surface area contributed by atoms with Gasteiger partial charge in [0.05, 0.1) is 16.2 Å². The average Bonchev–Trinajstić information content (AvgIpc) is 2.40. The van der Waals surface area contributed by atoms with Crippen LogP contribution in [0.1, 0.15) is 15.9 Å². The minimum Gasteiger partial charge on any atom is -0.478 e. The van der Waals surface area contributed by atoms with Crippen molar-refractivity contribution in [1.82, 2.24) is 0 Å². The number of halogens is 1. The quantitative estimate of drug-likeness (QED) is 0.664. The fourth-order valence-electron chi connectivity index (χ4n) is 1.90. The highest BCUT2D eigenvalue weighted by atomic mass is 19.1. The van der Waals surface area contributed by atoms with E-state index in [-0.39, 0.29) is 22.6 Å². The molecule has 0 unspecified atom stereocenters. The second-order valence-corrected chi connectivity index (χ2v) is 4.35. The van der Waals surface area contributed by atoms with Gasteiger partial charge in [0.25, 0.3) is 5.69 Å². The van der Waals surface area contributed by atoms with Crippen LogP contribution in [0.15, 0.2) is 36.4 Å². The second kappa shape index (κ2) is 5.58. The molecule has 0 heterocycles. The average molecular weight is 290 g/mol. The van der Waals surface area contributed by atoms with Crippen LogP contribution in [0.3, 0.4) is 0 Å². The molecule has 7 heteroatoms. The van der Waals surface area contributed by atoms with Gasteiger partial charge in [0.2, 0.25) is 0 Å². The number of nitrogens with one attached hydrogen (secondary N) is 1. The lowest BCUT2D eigenvalue weighted by atomic mass is 10.1. The van der Waals surface area contributed by atoms with E-state index in [1.165, 1.54) is 18.2 Å². The van der Waals surface area contributed by atoms with Crippen LogP contribution in [0.4, 0.5) is 21.5 Å². The normalized spacial score (nSPS) is 10.2. The van der Waals surface area contributed by atoms with Gasteiger partial charge in [-0.3, -0.25) is 10.1 Å². The van der Waals surface area contributed by atoms with Crippen molar-refractivity contribution in [3.8, 4) is 0 Å². The summed E-state index contributed by atoms with van der Waals surface area (Å²) in [6.07, 6.45) is 0. The Balaban J connectivity index is 2.42. The van der Waals surface area contributed by atoms with E-state index >= 15 is 0 Å². The number of carboxylic acid groups (broad SMARTS) is 1. The first-order valence-electron chi connectivity index (χ1n) is 5.94. The van der Waals surface area contributed by atoms with Crippen molar-refractivity contribution in [2.75, 3.05) is 5.32 Å². The molecule has 0 aliphatic carbocycles. The first kappa shape index (κ1) is 14.4. The Labute approximate surface area is 119 Å². The van der Waals surface area contributed by atoms with E-state index < -0.39 is 16.7 Å². The van der Waals surface area contributed by atoms with Crippen molar-refractivity contribution in [2.24, 2.45) is 0 Å². The summed E-state index contributed by atoms with van der Waals surface area (Å²) >= 11 is 0. The van der Waals surface area contributed by atoms with Crippen molar-refractivity contribution in [3.05, 3.63) is 63.5 Å². The number of hydrogen-bond donors (Lipinski definition) is 2. The third-order valence-corrected chi connectivity index (χ3v) is 2.91. The molecule has 0 bridgehead atoms. The summed E-state index contributed by atoms with van der Waals surface area (Å²) in [7, 11) is 0. The Bertz CT molecular complexity index is 731. The zero-order valence-corrected chi connectivity index (χ0v) is 11.0. The highest BCUT2D eigenvalue weighted by molar-refractivity contribution is 5.88. The molecular formula is C14H11FN2O4. The summed E-state index contributed by atoms with van der Waals surface area (Å²) in [4.78, 5) is 21.2. The molecule has 0 saturated heterocycles. The van der Waals surface area contributed by atoms with Crippen molar-refractivity contribution >= 4 is 23.0 Å². The standard InChI is InChI=1S/C14H11FN2O4/c1-8-3-2-4-12(13(8)17(20)21)16-11-6-5-9(14(18)19)7-10(11)15/h2-7,16H,1H3,(H,18,19). The van der Waals surface area contributed by atoms with Crippen LogP contribution < -0.4 is 5.32 Å². The number of nitrogens with zero attached hydrogens (tertiary/aromatic N) is 1. The first-order chi connectivity index (χ1) is 9.90. The molecule has 0 atom stereocenters. The minimum absolute atomic E-state index is 0.0336. The number of benzene rings is 2. The topological polar surface area (TPSA) is 92.5 Å². The Morgan fingerprint density at radius 1 is 1.29 bits per heavy atom. The monoisotopic (exact) mass is 290 g/mol. The number of nitro benzene ring substituents is 1. The maximum Gasteiger partial charge on any atom is 0.335 e. The fourth-order valence-corrected chi connectivity index (χ4v) is 1.90. The van der Waals surface area contributed by atoms with E-state index in [9.17, 15) is 19.3 Å². The molecule has 0 spiro atoms. The molecule has 0 amide bonds. The molecule has 2 aromatic carbocycles. The predicted molar refractivity (Wildman–Crippen MR) is 74.5 cm³/mol. The molecule has 6 nitrogen and oxygen atoms in total. The van der Waals surface area contributed by atoms with Gasteiger partial charge >= 0.3 is 5.97 Å². The van der Waals surface area contributed by atoms with E-state index in [1.807, 2.05) is 0 Å². The summed E-state index contributed by atoms with van der Waals surface area (Å²) in [5.41, 5.74) is 0.194. The molecular weight excluding hydrogens is 279 g/mol. The molecule has 0 aliphatic rings. The van der Waals surface area contributed by atoms with Crippen molar-refractivity contribution in [1.29, 1.82) is 0 Å². The smallest absolute Gasteiger partial charge is 0.335 e. The number of para-hydroxylation sites is 1. The zero-order valence-electron chi connectivity index (χ0n) is 11.0. The highest BCUT2D eigenvalue weighted by Crippen LogP contribution is 2.31. The number of rotatable bonds is 4. The third-order valence-electron chi connectivity index (χ3n) is 2.91. The number of carboxylic acids is 1. The molecule has 21 heavy (non-hydrogen) atoms. The fraction of sp³-hybridized carbons (Fsp3) is 0.0714. The summed E-state index contributed by atoms with van der Waals surface area (Å²) in [6.45, 7) is 1.58. The molecule has 108 valence electrons. The van der Waals surface area contributed by atoms with Gasteiger partial charge < -0.3 is 10.4 Å². The number of aryl methyl sites for hydroxylation is 1. The molecule has 2 aromatic rings. The van der Waals surface area contributed by atoms with Gasteiger partial charge in [-0.1, -0.05) is 12.1 Å². The molecule has 0 fully saturated rings. The SMILES string of the molecule is Cc1cccc(Nc2ccc(C(=O)O)cc2F)c1[N+](=O)[O-]. The summed E-state index contributed by atoms with van der Waals surface area (Å²) in [6, 6.07) is 7.93. The van der Waals surface area contributed by atoms with Crippen LogP contribution >= 0.6 is 0 Å². The molecule has 0 saturated carbocycles. The highest BCUT2D eigenvalue weighted by Gasteiger charge is 2.18. The maximum atomic E-state index is 13.8. The van der Waals surface area contributed by atoms with Gasteiger partial charge in [0.1, 0.15) is 11.5 Å². The third kappa shape index (κ3) is 2.97. The Kier molecular flexibility index (Phi) is 3.84. The van der Waals surface area contributed by atoms with E-state index in [0.29, 0.717) is 5.56 Å². The lowest BCUT2D eigenvalue weighted by molar-refractivity contribution is -0.384. The van der Waals surface area contributed by atoms with Gasteiger partial charge in [0.15, 0.2) is 0 Å². The number of anilines is 2. The second-order valence-electron chi connectivity index (χ2n) is 4.35. The van der Waals surface area contributed by atoms with Gasteiger partial charge in [-0.2, -0.15) is 0 Å². The van der Waals surface area contributed by atoms with Crippen molar-refractivity contribution in [3.63, 3.8) is 0 Å². The van der Waals surface area contributed by atoms with Crippen molar-refractivity contribution < 1.29 is 19.2 Å². The lowest BCUT2D eigenvalue weighted by Crippen LogP contribution is -2.02. The van der Waals surface area contributed by atoms with Crippen LogP contribution in [0.2, 0.25) is 0 Å². The Hall–Kier alpha value is -2.96. The van der Waals surface area contributed by atoms with Crippen LogP contribution in [-0.4, -0.2) is 16.0 Å². The largest absolute Gasteiger partial charge is 0.478 e. The lowest BCUT2D eigenvalue weighted by Gasteiger charge is -2.10. The molecule has 0 aromatic heterocycles. The first-order valence-corrected chi connectivity index (χ1v) is 5.94. The Morgan fingerprint density at radius 2 is 2.00 bits per heavy atom. The Morgan fingerprint density at radius 3 is 2.57 bits per heavy atom. The summed E-state index contributed by atoms with van der Waals surface area (Å²) < 4.78 is 13.8. The summed E-state index contributed by atoms with van der Waals surface area (Å²) in [5, 5.41) is 22.4. The number of carbonyl (C=O) groups is 1. The molecule has 2 rings (SSSR count). The summed E-state index contributed by atoms with van der Waals surface area (Å²) in [5.74, 6) is -2.05. The zero-order chi connectivity index (χ0) is 15.6. The van der Waals surface area contributed by atoms with Crippen molar-refractivity contribution in [2.45, 2.75) is 6.92 Å². The van der Waals surface area contributed by atoms with Crippen LogP contribution in [0, 0.1) is 22.9 Å². The van der Waals surface area contributed by atoms with Crippen LogP contribution in [-0.2, 0) is 0 Å². The van der Waals surface area contributed by atoms with E-state index in [0.717, 1.165) is 6.07 Å². The number of aromatic carboxylic acids is 1. The molecule has 2 N–H and O–H groups in total. The van der Waals surface area contributed by atoms with E-state index in [1.54, 1.807) is 19.1 Å². The van der Waals surface area contributed by atoms with E-state index in [2.05, 4.69) is 5.32 Å². The van der Waals surface area contributed by atoms with Gasteiger partial charge in [-0.05, 0) is 31.2 Å². The molecule has 0 aliphatic heterocycles. The van der Waals surface area contributed by atoms with Crippen LogP contribution in [0.5, 0.6) is 0 Å². The maximum absolute atomic E-state index is 13.8. The van der Waals surface area contributed by atoms with E-state index in [4.69, 9.17) is 5.11 Å².